The number of benzene rings is 1. The highest BCUT2D eigenvalue weighted by molar-refractivity contribution is 6.03. The summed E-state index contributed by atoms with van der Waals surface area (Å²) in [5, 5.41) is 4.29. The van der Waals surface area contributed by atoms with Crippen LogP contribution in [-0.4, -0.2) is 18.9 Å². The van der Waals surface area contributed by atoms with Crippen LogP contribution >= 0.6 is 0 Å². The third-order valence-corrected chi connectivity index (χ3v) is 3.71. The largest absolute Gasteiger partial charge is 0.497 e. The van der Waals surface area contributed by atoms with Gasteiger partial charge in [-0.3, -0.25) is 0 Å². The van der Waals surface area contributed by atoms with Gasteiger partial charge in [-0.25, -0.2) is 0 Å². The maximum absolute atomic E-state index is 5.54. The van der Waals surface area contributed by atoms with Crippen molar-refractivity contribution < 1.29 is 9.57 Å². The predicted molar refractivity (Wildman–Crippen MR) is 66.4 cm³/mol. The molecule has 0 bridgehead atoms. The van der Waals surface area contributed by atoms with Gasteiger partial charge in [-0.05, 0) is 31.4 Å². The normalized spacial score (nSPS) is 27.0. The second-order valence-electron chi connectivity index (χ2n) is 4.74. The van der Waals surface area contributed by atoms with Crippen molar-refractivity contribution in [3.8, 4) is 5.75 Å². The molecule has 1 aliphatic heterocycles. The highest BCUT2D eigenvalue weighted by Gasteiger charge is 2.36. The molecule has 1 aromatic carbocycles. The lowest BCUT2D eigenvalue weighted by molar-refractivity contribution is 0.0397. The molecule has 0 radical (unpaired) electrons. The summed E-state index contributed by atoms with van der Waals surface area (Å²) in [4.78, 5) is 5.54. The predicted octanol–water partition coefficient (Wildman–Crippen LogP) is 2.99. The Kier molecular flexibility index (Phi) is 2.75. The summed E-state index contributed by atoms with van der Waals surface area (Å²) in [6.45, 7) is 0. The molecule has 1 aromatic rings. The second kappa shape index (κ2) is 4.40. The quantitative estimate of drug-likeness (QED) is 0.783. The topological polar surface area (TPSA) is 30.8 Å². The first kappa shape index (κ1) is 10.6. The molecule has 0 amide bonds. The van der Waals surface area contributed by atoms with Crippen LogP contribution in [-0.2, 0) is 4.84 Å². The molecule has 90 valence electrons. The molecule has 2 aliphatic rings. The Balaban J connectivity index is 1.88. The summed E-state index contributed by atoms with van der Waals surface area (Å²) in [7, 11) is 1.69. The van der Waals surface area contributed by atoms with Crippen LogP contribution in [0.15, 0.2) is 29.4 Å². The molecule has 0 saturated heterocycles. The summed E-state index contributed by atoms with van der Waals surface area (Å²) in [6.07, 6.45) is 5.20. The van der Waals surface area contributed by atoms with E-state index in [1.54, 1.807) is 7.11 Å². The van der Waals surface area contributed by atoms with Crippen LogP contribution < -0.4 is 4.74 Å². The van der Waals surface area contributed by atoms with Gasteiger partial charge in [0.25, 0.3) is 0 Å². The number of fused-ring (bicyclic) bond motifs is 1. The van der Waals surface area contributed by atoms with Crippen LogP contribution in [0.4, 0.5) is 0 Å². The summed E-state index contributed by atoms with van der Waals surface area (Å²) < 4.78 is 5.25. The van der Waals surface area contributed by atoms with E-state index < -0.39 is 0 Å². The molecule has 1 fully saturated rings. The third kappa shape index (κ3) is 1.90. The van der Waals surface area contributed by atoms with Crippen molar-refractivity contribution in [3.63, 3.8) is 0 Å². The van der Waals surface area contributed by atoms with E-state index in [4.69, 9.17) is 9.57 Å². The van der Waals surface area contributed by atoms with Crippen molar-refractivity contribution >= 4 is 5.71 Å². The lowest BCUT2D eigenvalue weighted by Crippen LogP contribution is -2.27. The van der Waals surface area contributed by atoms with E-state index in [1.165, 1.54) is 19.3 Å². The molecular formula is C14H17NO2. The average molecular weight is 231 g/mol. The van der Waals surface area contributed by atoms with Crippen molar-refractivity contribution in [1.29, 1.82) is 0 Å². The van der Waals surface area contributed by atoms with Gasteiger partial charge in [0.15, 0.2) is 0 Å². The number of methoxy groups -OCH3 is 1. The zero-order valence-electron chi connectivity index (χ0n) is 10.1. The molecule has 0 spiro atoms. The lowest BCUT2D eigenvalue weighted by atomic mass is 9.82. The van der Waals surface area contributed by atoms with E-state index in [2.05, 4.69) is 11.2 Å². The molecule has 1 aliphatic carbocycles. The number of hydrogen-bond acceptors (Lipinski definition) is 3. The van der Waals surface area contributed by atoms with E-state index >= 15 is 0 Å². The maximum atomic E-state index is 5.54. The molecule has 1 saturated carbocycles. The first-order valence-electron chi connectivity index (χ1n) is 6.26. The number of rotatable bonds is 2. The molecule has 1 heterocycles. The lowest BCUT2D eigenvalue weighted by Gasteiger charge is -2.23. The van der Waals surface area contributed by atoms with E-state index in [0.717, 1.165) is 23.4 Å². The van der Waals surface area contributed by atoms with E-state index in [1.807, 2.05) is 18.2 Å². The summed E-state index contributed by atoms with van der Waals surface area (Å²) in [5.41, 5.74) is 2.24. The molecule has 0 N–H and O–H groups in total. The van der Waals surface area contributed by atoms with Gasteiger partial charge >= 0.3 is 0 Å². The van der Waals surface area contributed by atoms with E-state index in [-0.39, 0.29) is 0 Å². The van der Waals surface area contributed by atoms with Crippen molar-refractivity contribution in [2.75, 3.05) is 7.11 Å². The van der Waals surface area contributed by atoms with Crippen LogP contribution in [0.2, 0.25) is 0 Å². The van der Waals surface area contributed by atoms with Crippen LogP contribution in [0, 0.1) is 5.92 Å². The monoisotopic (exact) mass is 231 g/mol. The Morgan fingerprint density at radius 2 is 2.18 bits per heavy atom. The van der Waals surface area contributed by atoms with Gasteiger partial charge in [0.05, 0.1) is 12.8 Å². The molecular weight excluding hydrogens is 214 g/mol. The fourth-order valence-electron chi connectivity index (χ4n) is 2.78. The van der Waals surface area contributed by atoms with Crippen molar-refractivity contribution in [2.45, 2.75) is 31.8 Å². The first-order chi connectivity index (χ1) is 8.38. The molecule has 0 unspecified atom stereocenters. The van der Waals surface area contributed by atoms with Gasteiger partial charge in [0.2, 0.25) is 0 Å². The second-order valence-corrected chi connectivity index (χ2v) is 4.74. The van der Waals surface area contributed by atoms with Crippen molar-refractivity contribution in [1.82, 2.24) is 0 Å². The molecule has 0 aromatic heterocycles. The number of oxime groups is 1. The smallest absolute Gasteiger partial charge is 0.136 e. The Bertz CT molecular complexity index is 442. The highest BCUT2D eigenvalue weighted by atomic mass is 16.6. The molecule has 3 heteroatoms. The van der Waals surface area contributed by atoms with Crippen molar-refractivity contribution in [2.24, 2.45) is 11.1 Å². The van der Waals surface area contributed by atoms with Crippen LogP contribution in [0.5, 0.6) is 5.75 Å². The summed E-state index contributed by atoms with van der Waals surface area (Å²) >= 11 is 0. The summed E-state index contributed by atoms with van der Waals surface area (Å²) in [5.74, 6) is 1.36. The Morgan fingerprint density at radius 3 is 3.06 bits per heavy atom. The Morgan fingerprint density at radius 1 is 1.29 bits per heavy atom. The van der Waals surface area contributed by atoms with Crippen LogP contribution in [0.1, 0.15) is 31.2 Å². The van der Waals surface area contributed by atoms with Gasteiger partial charge in [-0.1, -0.05) is 23.7 Å². The number of hydrogen-bond donors (Lipinski definition) is 0. The Labute approximate surface area is 101 Å². The zero-order valence-corrected chi connectivity index (χ0v) is 10.1. The van der Waals surface area contributed by atoms with Gasteiger partial charge in [0, 0.05) is 11.5 Å². The van der Waals surface area contributed by atoms with E-state index in [9.17, 15) is 0 Å². The van der Waals surface area contributed by atoms with Gasteiger partial charge in [-0.15, -0.1) is 0 Å². The number of nitrogens with zero attached hydrogens (tertiary/aromatic N) is 1. The molecule has 3 nitrogen and oxygen atoms in total. The van der Waals surface area contributed by atoms with Crippen LogP contribution in [0.25, 0.3) is 0 Å². The van der Waals surface area contributed by atoms with Gasteiger partial charge < -0.3 is 9.57 Å². The third-order valence-electron chi connectivity index (χ3n) is 3.71. The highest BCUT2D eigenvalue weighted by Crippen LogP contribution is 2.35. The van der Waals surface area contributed by atoms with E-state index in [0.29, 0.717) is 12.0 Å². The minimum absolute atomic E-state index is 0.310. The fourth-order valence-corrected chi connectivity index (χ4v) is 2.78. The molecule has 3 rings (SSSR count). The maximum Gasteiger partial charge on any atom is 0.136 e. The Hall–Kier alpha value is -1.51. The number of ether oxygens (including phenoxy) is 1. The average Bonchev–Trinajstić information content (AvgIpc) is 2.82. The molecule has 17 heavy (non-hydrogen) atoms. The van der Waals surface area contributed by atoms with Crippen molar-refractivity contribution in [3.05, 3.63) is 29.8 Å². The fraction of sp³-hybridized carbons (Fsp3) is 0.500. The zero-order chi connectivity index (χ0) is 11.7. The standard InChI is InChI=1S/C14H17NO2/c1-16-11-6-4-5-10(9-11)14-12-7-2-3-8-13(12)17-15-14/h4-6,9,12-13H,2-3,7-8H2,1H3/t12-,13+/m1/s1. The first-order valence-corrected chi connectivity index (χ1v) is 6.26. The SMILES string of the molecule is COc1cccc(C2=NO[C@H]3CCCC[C@@H]23)c1. The van der Waals surface area contributed by atoms with Crippen LogP contribution in [0.3, 0.4) is 0 Å². The van der Waals surface area contributed by atoms with Gasteiger partial charge in [0.1, 0.15) is 11.9 Å². The summed E-state index contributed by atoms with van der Waals surface area (Å²) in [6, 6.07) is 8.09. The van der Waals surface area contributed by atoms with Gasteiger partial charge in [-0.2, -0.15) is 0 Å². The minimum atomic E-state index is 0.310. The molecule has 2 atom stereocenters. The minimum Gasteiger partial charge on any atom is -0.497 e.